The van der Waals surface area contributed by atoms with Crippen LogP contribution in [0, 0.1) is 11.3 Å². The van der Waals surface area contributed by atoms with Crippen LogP contribution >= 0.6 is 0 Å². The smallest absolute Gasteiger partial charge is 0.0364 e. The van der Waals surface area contributed by atoms with Crippen LogP contribution in [0.25, 0.3) is 0 Å². The minimum absolute atomic E-state index is 0.179. The quantitative estimate of drug-likeness (QED) is 0.810. The lowest BCUT2D eigenvalue weighted by Crippen LogP contribution is -2.31. The Hall–Kier alpha value is -0.860. The summed E-state index contributed by atoms with van der Waals surface area (Å²) in [4.78, 5) is 0. The monoisotopic (exact) mass is 246 g/mol. The second-order valence-electron chi connectivity index (χ2n) is 6.21. The van der Waals surface area contributed by atoms with E-state index >= 15 is 0 Å². The van der Waals surface area contributed by atoms with Gasteiger partial charge in [0.2, 0.25) is 0 Å². The van der Waals surface area contributed by atoms with E-state index in [0.717, 1.165) is 13.0 Å². The van der Waals surface area contributed by atoms with Gasteiger partial charge in [0, 0.05) is 18.0 Å². The average molecular weight is 246 g/mol. The first-order chi connectivity index (χ1) is 8.57. The van der Waals surface area contributed by atoms with Crippen molar-refractivity contribution in [1.82, 2.24) is 5.32 Å². The standard InChI is InChI=1S/C16H26N2/c1-12(2)10-13-4-6-14(7-5-13)15(17)16(8-9-16)11-18-3/h4-7,12,15,18H,8-11,17H2,1-3H3. The highest BCUT2D eigenvalue weighted by Crippen LogP contribution is 2.53. The lowest BCUT2D eigenvalue weighted by molar-refractivity contribution is 0.392. The van der Waals surface area contributed by atoms with E-state index in [1.807, 2.05) is 7.05 Å². The largest absolute Gasteiger partial charge is 0.323 e. The Labute approximate surface area is 111 Å². The molecule has 1 unspecified atom stereocenters. The molecular formula is C16H26N2. The molecule has 1 atom stereocenters. The normalized spacial score (nSPS) is 18.9. The first-order valence-corrected chi connectivity index (χ1v) is 7.06. The molecule has 1 aromatic carbocycles. The van der Waals surface area contributed by atoms with Crippen molar-refractivity contribution in [1.29, 1.82) is 0 Å². The van der Waals surface area contributed by atoms with E-state index < -0.39 is 0 Å². The number of benzene rings is 1. The van der Waals surface area contributed by atoms with Gasteiger partial charge in [0.15, 0.2) is 0 Å². The molecular weight excluding hydrogens is 220 g/mol. The van der Waals surface area contributed by atoms with E-state index in [1.54, 1.807) is 0 Å². The van der Waals surface area contributed by atoms with Crippen LogP contribution in [0.4, 0.5) is 0 Å². The third-order valence-electron chi connectivity index (χ3n) is 4.06. The van der Waals surface area contributed by atoms with Gasteiger partial charge in [-0.05, 0) is 43.4 Å². The van der Waals surface area contributed by atoms with E-state index in [1.165, 1.54) is 24.0 Å². The van der Waals surface area contributed by atoms with E-state index in [-0.39, 0.29) is 6.04 Å². The molecule has 0 aromatic heterocycles. The van der Waals surface area contributed by atoms with Crippen molar-refractivity contribution in [3.05, 3.63) is 35.4 Å². The number of rotatable bonds is 6. The Morgan fingerprint density at radius 3 is 2.28 bits per heavy atom. The van der Waals surface area contributed by atoms with Gasteiger partial charge >= 0.3 is 0 Å². The molecule has 0 heterocycles. The third kappa shape index (κ3) is 2.93. The molecule has 0 aliphatic heterocycles. The molecule has 2 nitrogen and oxygen atoms in total. The van der Waals surface area contributed by atoms with Crippen LogP contribution in [0.3, 0.4) is 0 Å². The lowest BCUT2D eigenvalue weighted by atomic mass is 9.89. The summed E-state index contributed by atoms with van der Waals surface area (Å²) >= 11 is 0. The van der Waals surface area contributed by atoms with Crippen LogP contribution in [0.2, 0.25) is 0 Å². The molecule has 18 heavy (non-hydrogen) atoms. The number of nitrogens with one attached hydrogen (secondary N) is 1. The summed E-state index contributed by atoms with van der Waals surface area (Å²) in [5.41, 5.74) is 9.45. The molecule has 2 rings (SSSR count). The van der Waals surface area contributed by atoms with Crippen LogP contribution in [0.15, 0.2) is 24.3 Å². The zero-order valence-corrected chi connectivity index (χ0v) is 11.9. The van der Waals surface area contributed by atoms with Gasteiger partial charge in [-0.1, -0.05) is 38.1 Å². The predicted molar refractivity (Wildman–Crippen MR) is 77.5 cm³/mol. The van der Waals surface area contributed by atoms with Crippen molar-refractivity contribution >= 4 is 0 Å². The Bertz CT molecular complexity index is 377. The molecule has 1 aliphatic carbocycles. The van der Waals surface area contributed by atoms with Crippen molar-refractivity contribution in [2.24, 2.45) is 17.1 Å². The van der Waals surface area contributed by atoms with Crippen LogP contribution in [0.5, 0.6) is 0 Å². The van der Waals surface area contributed by atoms with Crippen LogP contribution < -0.4 is 11.1 Å². The number of nitrogens with two attached hydrogens (primary N) is 1. The van der Waals surface area contributed by atoms with E-state index in [4.69, 9.17) is 5.73 Å². The van der Waals surface area contributed by atoms with Gasteiger partial charge in [-0.15, -0.1) is 0 Å². The summed E-state index contributed by atoms with van der Waals surface area (Å²) in [7, 11) is 2.01. The minimum Gasteiger partial charge on any atom is -0.323 e. The summed E-state index contributed by atoms with van der Waals surface area (Å²) in [5, 5.41) is 3.28. The summed E-state index contributed by atoms with van der Waals surface area (Å²) in [6.45, 7) is 5.54. The summed E-state index contributed by atoms with van der Waals surface area (Å²) < 4.78 is 0. The second-order valence-corrected chi connectivity index (χ2v) is 6.21. The summed E-state index contributed by atoms with van der Waals surface area (Å²) in [6.07, 6.45) is 3.66. The van der Waals surface area contributed by atoms with Gasteiger partial charge in [-0.2, -0.15) is 0 Å². The highest BCUT2D eigenvalue weighted by molar-refractivity contribution is 5.28. The van der Waals surface area contributed by atoms with Gasteiger partial charge in [0.25, 0.3) is 0 Å². The zero-order valence-electron chi connectivity index (χ0n) is 11.9. The number of hydrogen-bond donors (Lipinski definition) is 2. The molecule has 1 aliphatic rings. The van der Waals surface area contributed by atoms with E-state index in [9.17, 15) is 0 Å². The van der Waals surface area contributed by atoms with Gasteiger partial charge < -0.3 is 11.1 Å². The van der Waals surface area contributed by atoms with E-state index in [2.05, 4.69) is 43.4 Å². The minimum atomic E-state index is 0.179. The molecule has 1 fully saturated rings. The van der Waals surface area contributed by atoms with Gasteiger partial charge in [-0.3, -0.25) is 0 Å². The maximum absolute atomic E-state index is 6.43. The molecule has 3 N–H and O–H groups in total. The molecule has 0 spiro atoms. The zero-order chi connectivity index (χ0) is 13.2. The lowest BCUT2D eigenvalue weighted by Gasteiger charge is -2.23. The SMILES string of the molecule is CNCC1(C(N)c2ccc(CC(C)C)cc2)CC1. The van der Waals surface area contributed by atoms with Crippen molar-refractivity contribution in [3.63, 3.8) is 0 Å². The first kappa shape index (κ1) is 13.6. The topological polar surface area (TPSA) is 38.0 Å². The Morgan fingerprint density at radius 1 is 1.22 bits per heavy atom. The molecule has 0 bridgehead atoms. The van der Waals surface area contributed by atoms with Crippen LogP contribution in [0.1, 0.15) is 43.9 Å². The Balaban J connectivity index is 2.05. The number of hydrogen-bond acceptors (Lipinski definition) is 2. The molecule has 0 radical (unpaired) electrons. The first-order valence-electron chi connectivity index (χ1n) is 7.06. The molecule has 2 heteroatoms. The van der Waals surface area contributed by atoms with Gasteiger partial charge in [-0.25, -0.2) is 0 Å². The maximum atomic E-state index is 6.43. The molecule has 0 saturated heterocycles. The van der Waals surface area contributed by atoms with Crippen molar-refractivity contribution in [2.75, 3.05) is 13.6 Å². The predicted octanol–water partition coefficient (Wildman–Crippen LogP) is 2.88. The van der Waals surface area contributed by atoms with Gasteiger partial charge in [0.1, 0.15) is 0 Å². The van der Waals surface area contributed by atoms with E-state index in [0.29, 0.717) is 11.3 Å². The average Bonchev–Trinajstić information content (AvgIpc) is 3.10. The summed E-state index contributed by atoms with van der Waals surface area (Å²) in [6, 6.07) is 9.10. The van der Waals surface area contributed by atoms with Crippen LogP contribution in [-0.2, 0) is 6.42 Å². The Kier molecular flexibility index (Phi) is 4.08. The fourth-order valence-electron chi connectivity index (χ4n) is 2.80. The summed E-state index contributed by atoms with van der Waals surface area (Å²) in [5.74, 6) is 0.712. The molecule has 1 aromatic rings. The fourth-order valence-corrected chi connectivity index (χ4v) is 2.80. The van der Waals surface area contributed by atoms with Crippen LogP contribution in [-0.4, -0.2) is 13.6 Å². The highest BCUT2D eigenvalue weighted by Gasteiger charge is 2.47. The molecule has 100 valence electrons. The Morgan fingerprint density at radius 2 is 1.83 bits per heavy atom. The third-order valence-corrected chi connectivity index (χ3v) is 4.06. The van der Waals surface area contributed by atoms with Crippen molar-refractivity contribution < 1.29 is 0 Å². The van der Waals surface area contributed by atoms with Crippen molar-refractivity contribution in [2.45, 2.75) is 39.2 Å². The second kappa shape index (κ2) is 5.41. The van der Waals surface area contributed by atoms with Gasteiger partial charge in [0.05, 0.1) is 0 Å². The highest BCUT2D eigenvalue weighted by atomic mass is 14.9. The molecule has 1 saturated carbocycles. The molecule has 0 amide bonds. The van der Waals surface area contributed by atoms with Crippen molar-refractivity contribution in [3.8, 4) is 0 Å². The fraction of sp³-hybridized carbons (Fsp3) is 0.625. The maximum Gasteiger partial charge on any atom is 0.0364 e.